The fourth-order valence-electron chi connectivity index (χ4n) is 2.47. The summed E-state index contributed by atoms with van der Waals surface area (Å²) >= 11 is 1.59. The Balaban J connectivity index is 2.17. The average Bonchev–Trinajstić information content (AvgIpc) is 2.88. The highest BCUT2D eigenvalue weighted by molar-refractivity contribution is 7.99. The molecule has 98 valence electrons. The van der Waals surface area contributed by atoms with E-state index in [-0.39, 0.29) is 11.9 Å². The number of thioether (sulfide) groups is 1. The van der Waals surface area contributed by atoms with Crippen molar-refractivity contribution in [1.29, 1.82) is 0 Å². The van der Waals surface area contributed by atoms with Gasteiger partial charge in [0.2, 0.25) is 5.91 Å². The van der Waals surface area contributed by atoms with Crippen molar-refractivity contribution in [2.45, 2.75) is 18.9 Å². The van der Waals surface area contributed by atoms with Crippen LogP contribution in [0.15, 0.2) is 24.3 Å². The second-order valence-electron chi connectivity index (χ2n) is 4.45. The van der Waals surface area contributed by atoms with Crippen LogP contribution in [0.25, 0.3) is 0 Å². The van der Waals surface area contributed by atoms with Gasteiger partial charge in [-0.2, -0.15) is 11.8 Å². The Bertz CT molecular complexity index is 422. The maximum atomic E-state index is 12.1. The topological polar surface area (TPSA) is 29.5 Å². The van der Waals surface area contributed by atoms with E-state index in [9.17, 15) is 4.79 Å². The highest BCUT2D eigenvalue weighted by Gasteiger charge is 2.29. The zero-order valence-electron chi connectivity index (χ0n) is 10.9. The lowest BCUT2D eigenvalue weighted by Gasteiger charge is -2.25. The van der Waals surface area contributed by atoms with Gasteiger partial charge in [0.25, 0.3) is 0 Å². The monoisotopic (exact) mass is 265 g/mol. The third kappa shape index (κ3) is 2.80. The molecule has 1 saturated heterocycles. The molecule has 1 aromatic carbocycles. The number of carbonyl (C=O) groups is 1. The molecule has 0 aliphatic carbocycles. The predicted octanol–water partition coefficient (Wildman–Crippen LogP) is 2.72. The predicted molar refractivity (Wildman–Crippen MR) is 75.1 cm³/mol. The molecule has 1 aliphatic heterocycles. The lowest BCUT2D eigenvalue weighted by Crippen LogP contribution is -2.31. The van der Waals surface area contributed by atoms with Crippen LogP contribution in [0.2, 0.25) is 0 Å². The van der Waals surface area contributed by atoms with Gasteiger partial charge in [0.05, 0.1) is 18.9 Å². The number of ether oxygens (including phenoxy) is 1. The first-order valence-corrected chi connectivity index (χ1v) is 7.58. The average molecular weight is 265 g/mol. The third-order valence-corrected chi connectivity index (χ3v) is 3.86. The number of amides is 1. The van der Waals surface area contributed by atoms with Gasteiger partial charge < -0.3 is 9.64 Å². The molecule has 0 radical (unpaired) electrons. The highest BCUT2D eigenvalue weighted by Crippen LogP contribution is 2.33. The van der Waals surface area contributed by atoms with Crippen LogP contribution in [0.4, 0.5) is 0 Å². The SMILES string of the molecule is COc1cccc(C2CCCN2C(=O)CSC)c1. The second kappa shape index (κ2) is 6.14. The second-order valence-corrected chi connectivity index (χ2v) is 5.32. The van der Waals surface area contributed by atoms with Gasteiger partial charge in [-0.15, -0.1) is 0 Å². The van der Waals surface area contributed by atoms with Gasteiger partial charge in [-0.25, -0.2) is 0 Å². The molecule has 1 aromatic rings. The smallest absolute Gasteiger partial charge is 0.233 e. The van der Waals surface area contributed by atoms with E-state index < -0.39 is 0 Å². The molecule has 0 bridgehead atoms. The van der Waals surface area contributed by atoms with Gasteiger partial charge in [-0.3, -0.25) is 4.79 Å². The Morgan fingerprint density at radius 1 is 1.56 bits per heavy atom. The summed E-state index contributed by atoms with van der Waals surface area (Å²) in [6.45, 7) is 0.876. The first kappa shape index (κ1) is 13.3. The van der Waals surface area contributed by atoms with Crippen molar-refractivity contribution in [3.05, 3.63) is 29.8 Å². The van der Waals surface area contributed by atoms with Crippen LogP contribution in [0, 0.1) is 0 Å². The summed E-state index contributed by atoms with van der Waals surface area (Å²) in [7, 11) is 1.67. The summed E-state index contributed by atoms with van der Waals surface area (Å²) in [6.07, 6.45) is 4.10. The Labute approximate surface area is 113 Å². The number of methoxy groups -OCH3 is 1. The summed E-state index contributed by atoms with van der Waals surface area (Å²) in [5, 5.41) is 0. The molecule has 1 fully saturated rings. The number of benzene rings is 1. The van der Waals surface area contributed by atoms with Crippen LogP contribution >= 0.6 is 11.8 Å². The Morgan fingerprint density at radius 3 is 3.11 bits per heavy atom. The number of nitrogens with zero attached hydrogens (tertiary/aromatic N) is 1. The number of carbonyl (C=O) groups excluding carboxylic acids is 1. The van der Waals surface area contributed by atoms with Crippen LogP contribution < -0.4 is 4.74 Å². The summed E-state index contributed by atoms with van der Waals surface area (Å²) < 4.78 is 5.25. The van der Waals surface area contributed by atoms with Crippen molar-refractivity contribution in [2.75, 3.05) is 25.7 Å². The van der Waals surface area contributed by atoms with Crippen molar-refractivity contribution < 1.29 is 9.53 Å². The molecule has 1 aliphatic rings. The van der Waals surface area contributed by atoms with E-state index in [4.69, 9.17) is 4.74 Å². The fourth-order valence-corrected chi connectivity index (χ4v) is 2.88. The molecule has 18 heavy (non-hydrogen) atoms. The minimum absolute atomic E-state index is 0.222. The minimum atomic E-state index is 0.222. The summed E-state index contributed by atoms with van der Waals surface area (Å²) in [4.78, 5) is 14.1. The lowest BCUT2D eigenvalue weighted by molar-refractivity contribution is -0.129. The Hall–Kier alpha value is -1.16. The Kier molecular flexibility index (Phi) is 4.53. The molecular weight excluding hydrogens is 246 g/mol. The van der Waals surface area contributed by atoms with Crippen molar-refractivity contribution in [3.8, 4) is 5.75 Å². The number of hydrogen-bond donors (Lipinski definition) is 0. The largest absolute Gasteiger partial charge is 0.497 e. The van der Waals surface area contributed by atoms with E-state index >= 15 is 0 Å². The molecule has 1 heterocycles. The van der Waals surface area contributed by atoms with Crippen molar-refractivity contribution >= 4 is 17.7 Å². The summed E-state index contributed by atoms with van der Waals surface area (Å²) in [6, 6.07) is 8.27. The molecular formula is C14H19NO2S. The highest BCUT2D eigenvalue weighted by atomic mass is 32.2. The van der Waals surface area contributed by atoms with E-state index in [2.05, 4.69) is 6.07 Å². The maximum absolute atomic E-state index is 12.1. The quantitative estimate of drug-likeness (QED) is 0.838. The van der Waals surface area contributed by atoms with E-state index in [1.807, 2.05) is 29.4 Å². The molecule has 0 aromatic heterocycles. The fraction of sp³-hybridized carbons (Fsp3) is 0.500. The van der Waals surface area contributed by atoms with Gasteiger partial charge in [0, 0.05) is 6.54 Å². The molecule has 1 amide bonds. The molecule has 0 saturated carbocycles. The van der Waals surface area contributed by atoms with E-state index in [1.54, 1.807) is 18.9 Å². The van der Waals surface area contributed by atoms with E-state index in [1.165, 1.54) is 5.56 Å². The molecule has 4 heteroatoms. The summed E-state index contributed by atoms with van der Waals surface area (Å²) in [5.41, 5.74) is 1.18. The van der Waals surface area contributed by atoms with E-state index in [0.717, 1.165) is 25.1 Å². The maximum Gasteiger partial charge on any atom is 0.233 e. The molecule has 1 unspecified atom stereocenters. The van der Waals surface area contributed by atoms with Gasteiger partial charge in [0.15, 0.2) is 0 Å². The molecule has 3 nitrogen and oxygen atoms in total. The van der Waals surface area contributed by atoms with Crippen LogP contribution in [-0.4, -0.2) is 36.5 Å². The normalized spacial score (nSPS) is 19.0. The number of likely N-dealkylation sites (tertiary alicyclic amines) is 1. The lowest BCUT2D eigenvalue weighted by atomic mass is 10.0. The minimum Gasteiger partial charge on any atom is -0.497 e. The van der Waals surface area contributed by atoms with Crippen molar-refractivity contribution in [2.24, 2.45) is 0 Å². The van der Waals surface area contributed by atoms with E-state index in [0.29, 0.717) is 5.75 Å². The molecule has 0 N–H and O–H groups in total. The van der Waals surface area contributed by atoms with Gasteiger partial charge >= 0.3 is 0 Å². The van der Waals surface area contributed by atoms with Gasteiger partial charge in [0.1, 0.15) is 5.75 Å². The number of rotatable bonds is 4. The molecule has 2 rings (SSSR count). The van der Waals surface area contributed by atoms with Crippen LogP contribution in [0.1, 0.15) is 24.4 Å². The van der Waals surface area contributed by atoms with Crippen LogP contribution in [0.3, 0.4) is 0 Å². The van der Waals surface area contributed by atoms with Crippen molar-refractivity contribution in [3.63, 3.8) is 0 Å². The summed E-state index contributed by atoms with van der Waals surface area (Å²) in [5.74, 6) is 1.67. The van der Waals surface area contributed by atoms with Gasteiger partial charge in [-0.05, 0) is 36.8 Å². The first-order valence-electron chi connectivity index (χ1n) is 6.18. The zero-order valence-corrected chi connectivity index (χ0v) is 11.7. The standard InChI is InChI=1S/C14H19NO2S/c1-17-12-6-3-5-11(9-12)13-7-4-8-15(13)14(16)10-18-2/h3,5-6,9,13H,4,7-8,10H2,1-2H3. The first-order chi connectivity index (χ1) is 8.76. The van der Waals surface area contributed by atoms with Crippen molar-refractivity contribution in [1.82, 2.24) is 4.90 Å². The third-order valence-electron chi connectivity index (χ3n) is 3.32. The van der Waals surface area contributed by atoms with Gasteiger partial charge in [-0.1, -0.05) is 12.1 Å². The zero-order chi connectivity index (χ0) is 13.0. The van der Waals surface area contributed by atoms with Crippen LogP contribution in [0.5, 0.6) is 5.75 Å². The van der Waals surface area contributed by atoms with Crippen LogP contribution in [-0.2, 0) is 4.79 Å². The Morgan fingerprint density at radius 2 is 2.39 bits per heavy atom. The number of hydrogen-bond acceptors (Lipinski definition) is 3. The molecule has 1 atom stereocenters. The molecule has 0 spiro atoms.